The number of nitrogens with zero attached hydrogens (tertiary/aromatic N) is 1. The average Bonchev–Trinajstić information content (AvgIpc) is 2.61. The van der Waals surface area contributed by atoms with Gasteiger partial charge in [0.1, 0.15) is 5.75 Å². The van der Waals surface area contributed by atoms with Crippen molar-refractivity contribution in [3.63, 3.8) is 0 Å². The number of amides is 1. The van der Waals surface area contributed by atoms with Crippen LogP contribution in [-0.2, 0) is 14.8 Å². The summed E-state index contributed by atoms with van der Waals surface area (Å²) in [7, 11) is -1.98. The molecule has 25 heavy (non-hydrogen) atoms. The van der Waals surface area contributed by atoms with Gasteiger partial charge in [-0.2, -0.15) is 4.31 Å². The Hall–Kier alpha value is -1.60. The van der Waals surface area contributed by atoms with E-state index in [0.717, 1.165) is 6.42 Å². The van der Waals surface area contributed by atoms with Gasteiger partial charge in [0.2, 0.25) is 10.0 Å². The maximum atomic E-state index is 13.0. The fourth-order valence-corrected chi connectivity index (χ4v) is 5.08. The molecule has 1 atom stereocenters. The van der Waals surface area contributed by atoms with E-state index >= 15 is 0 Å². The van der Waals surface area contributed by atoms with Gasteiger partial charge in [0.15, 0.2) is 6.61 Å². The molecule has 3 rings (SSSR count). The van der Waals surface area contributed by atoms with Gasteiger partial charge >= 0.3 is 0 Å². The maximum Gasteiger partial charge on any atom is 0.262 e. The Balaban J connectivity index is 1.75. The lowest BCUT2D eigenvalue weighted by Crippen LogP contribution is -2.36. The van der Waals surface area contributed by atoms with Crippen LogP contribution in [0.3, 0.4) is 0 Å². The molecule has 1 heterocycles. The van der Waals surface area contributed by atoms with Gasteiger partial charge in [-0.3, -0.25) is 4.79 Å². The van der Waals surface area contributed by atoms with Crippen molar-refractivity contribution in [3.05, 3.63) is 18.2 Å². The molecule has 0 aromatic heterocycles. The van der Waals surface area contributed by atoms with Crippen LogP contribution in [0.2, 0.25) is 0 Å². The summed E-state index contributed by atoms with van der Waals surface area (Å²) in [6.07, 6.45) is 7.07. The zero-order chi connectivity index (χ0) is 18.0. The Morgan fingerprint density at radius 2 is 2.00 bits per heavy atom. The Morgan fingerprint density at radius 3 is 2.72 bits per heavy atom. The number of ether oxygens (including phenoxy) is 1. The second-order valence-corrected chi connectivity index (χ2v) is 9.10. The number of fused-ring (bicyclic) bond motifs is 1. The van der Waals surface area contributed by atoms with Crippen molar-refractivity contribution in [3.8, 4) is 5.75 Å². The van der Waals surface area contributed by atoms with Crippen LogP contribution in [-0.4, -0.2) is 38.3 Å². The van der Waals surface area contributed by atoms with E-state index in [9.17, 15) is 13.2 Å². The van der Waals surface area contributed by atoms with Crippen LogP contribution in [0.4, 0.5) is 5.69 Å². The lowest BCUT2D eigenvalue weighted by molar-refractivity contribution is -0.118. The van der Waals surface area contributed by atoms with Crippen molar-refractivity contribution in [2.24, 2.45) is 5.92 Å². The van der Waals surface area contributed by atoms with E-state index in [0.29, 0.717) is 17.4 Å². The van der Waals surface area contributed by atoms with Crippen molar-refractivity contribution in [1.82, 2.24) is 4.31 Å². The molecule has 1 fully saturated rings. The number of benzene rings is 1. The van der Waals surface area contributed by atoms with Crippen LogP contribution in [0.15, 0.2) is 23.1 Å². The van der Waals surface area contributed by atoms with Gasteiger partial charge in [0, 0.05) is 13.1 Å². The Morgan fingerprint density at radius 1 is 1.28 bits per heavy atom. The van der Waals surface area contributed by atoms with Crippen molar-refractivity contribution in [2.45, 2.75) is 56.4 Å². The van der Waals surface area contributed by atoms with Gasteiger partial charge in [0.05, 0.1) is 10.6 Å². The minimum absolute atomic E-state index is 0.0442. The molecule has 6 nitrogen and oxygen atoms in total. The molecule has 0 spiro atoms. The molecule has 1 N–H and O–H groups in total. The van der Waals surface area contributed by atoms with Crippen LogP contribution in [0.5, 0.6) is 5.75 Å². The lowest BCUT2D eigenvalue weighted by atomic mass is 9.85. The average molecular weight is 366 g/mol. The second kappa shape index (κ2) is 7.33. The van der Waals surface area contributed by atoms with Crippen molar-refractivity contribution in [1.29, 1.82) is 0 Å². The SMILES string of the molecule is CC(CC1CCCCC1)N(C)S(=O)(=O)c1ccc2c(c1)NC(=O)CO2. The third kappa shape index (κ3) is 3.98. The van der Waals surface area contributed by atoms with Gasteiger partial charge in [-0.05, 0) is 37.5 Å². The molecule has 0 radical (unpaired) electrons. The van der Waals surface area contributed by atoms with Gasteiger partial charge in [-0.25, -0.2) is 8.42 Å². The predicted molar refractivity (Wildman–Crippen MR) is 96.2 cm³/mol. The molecule has 1 aliphatic carbocycles. The Kier molecular flexibility index (Phi) is 5.34. The molecule has 7 heteroatoms. The van der Waals surface area contributed by atoms with E-state index in [-0.39, 0.29) is 23.5 Å². The zero-order valence-corrected chi connectivity index (χ0v) is 15.6. The molecular weight excluding hydrogens is 340 g/mol. The first-order valence-corrected chi connectivity index (χ1v) is 10.4. The van der Waals surface area contributed by atoms with E-state index in [1.54, 1.807) is 13.1 Å². The van der Waals surface area contributed by atoms with Crippen LogP contribution < -0.4 is 10.1 Å². The van der Waals surface area contributed by atoms with Crippen LogP contribution in [0.25, 0.3) is 0 Å². The molecular formula is C18H26N2O4S. The molecule has 1 aliphatic heterocycles. The fourth-order valence-electron chi connectivity index (χ4n) is 3.68. The number of carbonyl (C=O) groups is 1. The standard InChI is InChI=1S/C18H26N2O4S/c1-13(10-14-6-4-3-5-7-14)20(2)25(22,23)15-8-9-17-16(11-15)19-18(21)12-24-17/h8-9,11,13-14H,3-7,10,12H2,1-2H3,(H,19,21). The van der Waals surface area contributed by atoms with E-state index in [4.69, 9.17) is 4.74 Å². The highest BCUT2D eigenvalue weighted by molar-refractivity contribution is 7.89. The summed E-state index contributed by atoms with van der Waals surface area (Å²) in [5, 5.41) is 2.66. The number of rotatable bonds is 5. The second-order valence-electron chi connectivity index (χ2n) is 7.10. The van der Waals surface area contributed by atoms with Gasteiger partial charge in [-0.1, -0.05) is 32.1 Å². The summed E-state index contributed by atoms with van der Waals surface area (Å²) in [5.74, 6) is 0.829. The number of anilines is 1. The Bertz CT molecular complexity index is 741. The minimum Gasteiger partial charge on any atom is -0.482 e. The summed E-state index contributed by atoms with van der Waals surface area (Å²) in [6.45, 7) is 1.92. The maximum absolute atomic E-state index is 13.0. The molecule has 2 aliphatic rings. The number of nitrogens with one attached hydrogen (secondary N) is 1. The van der Waals surface area contributed by atoms with E-state index in [1.807, 2.05) is 6.92 Å². The van der Waals surface area contributed by atoms with Crippen molar-refractivity contribution >= 4 is 21.6 Å². The normalized spacial score (nSPS) is 19.9. The van der Waals surface area contributed by atoms with E-state index in [2.05, 4.69) is 5.32 Å². The topological polar surface area (TPSA) is 75.7 Å². The number of hydrogen-bond donors (Lipinski definition) is 1. The first-order valence-electron chi connectivity index (χ1n) is 8.92. The number of hydrogen-bond acceptors (Lipinski definition) is 4. The lowest BCUT2D eigenvalue weighted by Gasteiger charge is -2.30. The molecule has 0 bridgehead atoms. The third-order valence-electron chi connectivity index (χ3n) is 5.28. The third-order valence-corrected chi connectivity index (χ3v) is 7.25. The van der Waals surface area contributed by atoms with Crippen molar-refractivity contribution in [2.75, 3.05) is 19.0 Å². The smallest absolute Gasteiger partial charge is 0.262 e. The van der Waals surface area contributed by atoms with Crippen LogP contribution in [0.1, 0.15) is 45.4 Å². The summed E-state index contributed by atoms with van der Waals surface area (Å²) < 4.78 is 32.7. The predicted octanol–water partition coefficient (Wildman–Crippen LogP) is 3.00. The Labute approximate surface area is 149 Å². The highest BCUT2D eigenvalue weighted by Crippen LogP contribution is 2.33. The summed E-state index contributed by atoms with van der Waals surface area (Å²) in [5.41, 5.74) is 0.408. The monoisotopic (exact) mass is 366 g/mol. The summed E-state index contributed by atoms with van der Waals surface area (Å²) >= 11 is 0. The molecule has 0 saturated heterocycles. The zero-order valence-electron chi connectivity index (χ0n) is 14.8. The van der Waals surface area contributed by atoms with Gasteiger partial charge in [-0.15, -0.1) is 0 Å². The van der Waals surface area contributed by atoms with Crippen LogP contribution in [0, 0.1) is 5.92 Å². The highest BCUT2D eigenvalue weighted by Gasteiger charge is 2.29. The summed E-state index contributed by atoms with van der Waals surface area (Å²) in [6, 6.07) is 4.55. The van der Waals surface area contributed by atoms with E-state index in [1.165, 1.54) is 48.5 Å². The quantitative estimate of drug-likeness (QED) is 0.869. The van der Waals surface area contributed by atoms with E-state index < -0.39 is 10.0 Å². The molecule has 1 amide bonds. The summed E-state index contributed by atoms with van der Waals surface area (Å²) in [4.78, 5) is 11.6. The first kappa shape index (κ1) is 18.2. The molecule has 138 valence electrons. The minimum atomic E-state index is -3.61. The molecule has 1 unspecified atom stereocenters. The van der Waals surface area contributed by atoms with Crippen LogP contribution >= 0.6 is 0 Å². The molecule has 1 saturated carbocycles. The fraction of sp³-hybridized carbons (Fsp3) is 0.611. The number of sulfonamides is 1. The van der Waals surface area contributed by atoms with Gasteiger partial charge < -0.3 is 10.1 Å². The largest absolute Gasteiger partial charge is 0.482 e. The number of carbonyl (C=O) groups excluding carboxylic acids is 1. The molecule has 1 aromatic carbocycles. The molecule has 1 aromatic rings. The highest BCUT2D eigenvalue weighted by atomic mass is 32.2. The first-order chi connectivity index (χ1) is 11.9. The van der Waals surface area contributed by atoms with Gasteiger partial charge in [0.25, 0.3) is 5.91 Å². The van der Waals surface area contributed by atoms with Crippen molar-refractivity contribution < 1.29 is 17.9 Å².